The molecule has 0 heterocycles. The first-order valence-electron chi connectivity index (χ1n) is 11.8. The highest BCUT2D eigenvalue weighted by Gasteiger charge is 2.26. The summed E-state index contributed by atoms with van der Waals surface area (Å²) in [5, 5.41) is 19.8. The molecule has 0 saturated heterocycles. The van der Waals surface area contributed by atoms with E-state index in [0.717, 1.165) is 48.6 Å². The van der Waals surface area contributed by atoms with Crippen molar-refractivity contribution in [1.29, 1.82) is 0 Å². The van der Waals surface area contributed by atoms with Crippen molar-refractivity contribution in [3.8, 4) is 11.5 Å². The second-order valence-corrected chi connectivity index (χ2v) is 9.26. The Balaban J connectivity index is 1.17. The molecule has 4 heteroatoms. The van der Waals surface area contributed by atoms with E-state index in [0.29, 0.717) is 23.6 Å². The summed E-state index contributed by atoms with van der Waals surface area (Å²) in [6.07, 6.45) is 14.8. The number of phenolic OH excluding ortho intramolecular Hbond substituents is 2. The second-order valence-electron chi connectivity index (χ2n) is 9.26. The summed E-state index contributed by atoms with van der Waals surface area (Å²) in [4.78, 5) is 9.48. The molecule has 0 unspecified atom stereocenters. The van der Waals surface area contributed by atoms with Crippen LogP contribution in [-0.2, 0) is 0 Å². The number of para-hydroxylation sites is 2. The van der Waals surface area contributed by atoms with Crippen molar-refractivity contribution < 1.29 is 10.2 Å². The van der Waals surface area contributed by atoms with Crippen LogP contribution >= 0.6 is 0 Å². The highest BCUT2D eigenvalue weighted by atomic mass is 16.3. The van der Waals surface area contributed by atoms with Gasteiger partial charge in [0.05, 0.1) is 0 Å². The molecule has 2 aliphatic rings. The molecular formula is C27H34N2O2. The van der Waals surface area contributed by atoms with Crippen LogP contribution in [0.5, 0.6) is 11.5 Å². The van der Waals surface area contributed by atoms with Crippen LogP contribution in [0.1, 0.15) is 68.9 Å². The third-order valence-electron chi connectivity index (χ3n) is 7.02. The zero-order chi connectivity index (χ0) is 21.5. The van der Waals surface area contributed by atoms with Gasteiger partial charge in [0, 0.05) is 35.6 Å². The summed E-state index contributed by atoms with van der Waals surface area (Å²) in [6, 6.07) is 15.6. The third-order valence-corrected chi connectivity index (χ3v) is 7.02. The van der Waals surface area contributed by atoms with E-state index in [2.05, 4.69) is 0 Å². The zero-order valence-electron chi connectivity index (χ0n) is 18.2. The Morgan fingerprint density at radius 2 is 1.00 bits per heavy atom. The number of benzene rings is 2. The van der Waals surface area contributed by atoms with Crippen LogP contribution in [0.4, 0.5) is 0 Å². The highest BCUT2D eigenvalue weighted by molar-refractivity contribution is 5.83. The van der Waals surface area contributed by atoms with Gasteiger partial charge in [0.25, 0.3) is 0 Å². The Bertz CT molecular complexity index is 818. The molecule has 2 aliphatic carbocycles. The molecule has 4 nitrogen and oxygen atoms in total. The van der Waals surface area contributed by atoms with E-state index in [9.17, 15) is 10.2 Å². The van der Waals surface area contributed by atoms with Crippen molar-refractivity contribution in [1.82, 2.24) is 0 Å². The normalized spacial score (nSPS) is 27.1. The fraction of sp³-hybridized carbons (Fsp3) is 0.481. The zero-order valence-corrected chi connectivity index (χ0v) is 18.2. The number of phenols is 2. The largest absolute Gasteiger partial charge is 0.507 e. The molecule has 0 amide bonds. The van der Waals surface area contributed by atoms with Gasteiger partial charge < -0.3 is 10.2 Å². The molecule has 2 N–H and O–H groups in total. The Morgan fingerprint density at radius 3 is 1.39 bits per heavy atom. The quantitative estimate of drug-likeness (QED) is 0.553. The average Bonchev–Trinajstić information content (AvgIpc) is 2.80. The minimum atomic E-state index is 0.306. The fourth-order valence-electron chi connectivity index (χ4n) is 5.10. The second kappa shape index (κ2) is 10.6. The molecule has 4 rings (SSSR count). The Kier molecular flexibility index (Phi) is 7.39. The predicted molar refractivity (Wildman–Crippen MR) is 128 cm³/mol. The number of aliphatic imine (C=N–C) groups is 2. The molecule has 0 bridgehead atoms. The smallest absolute Gasteiger partial charge is 0.124 e. The van der Waals surface area contributed by atoms with E-state index in [-0.39, 0.29) is 0 Å². The minimum absolute atomic E-state index is 0.306. The van der Waals surface area contributed by atoms with E-state index in [1.807, 2.05) is 48.8 Å². The lowest BCUT2D eigenvalue weighted by molar-refractivity contribution is 0.226. The average molecular weight is 419 g/mol. The summed E-state index contributed by atoms with van der Waals surface area (Å²) in [6.45, 7) is 0. The summed E-state index contributed by atoms with van der Waals surface area (Å²) in [7, 11) is 0. The summed E-state index contributed by atoms with van der Waals surface area (Å²) in [5.74, 6) is 2.28. The molecule has 0 atom stereocenters. The van der Waals surface area contributed by atoms with Crippen LogP contribution in [-0.4, -0.2) is 34.7 Å². The van der Waals surface area contributed by atoms with E-state index >= 15 is 0 Å². The minimum Gasteiger partial charge on any atom is -0.507 e. The van der Waals surface area contributed by atoms with Crippen LogP contribution in [0.15, 0.2) is 58.5 Å². The van der Waals surface area contributed by atoms with E-state index < -0.39 is 0 Å². The summed E-state index contributed by atoms with van der Waals surface area (Å²) in [5.41, 5.74) is 1.62. The van der Waals surface area contributed by atoms with E-state index in [1.54, 1.807) is 12.1 Å². The molecular weight excluding hydrogens is 384 g/mol. The third kappa shape index (κ3) is 6.19. The lowest BCUT2D eigenvalue weighted by Crippen LogP contribution is -2.23. The number of rotatable bonds is 6. The summed E-state index contributed by atoms with van der Waals surface area (Å²) < 4.78 is 0. The van der Waals surface area contributed by atoms with Gasteiger partial charge in [-0.2, -0.15) is 0 Å². The molecule has 2 fully saturated rings. The standard InChI is InChI=1S/C27H34N2O2/c30-26-7-3-1-5-22(26)18-28-24-13-9-20(10-14-24)17-21-11-15-25(16-12-21)29-19-23-6-2-4-8-27(23)31/h1-8,18-21,24-25,30-31H,9-17H2. The molecule has 0 spiro atoms. The number of nitrogens with zero attached hydrogens (tertiary/aromatic N) is 2. The number of hydrogen-bond acceptors (Lipinski definition) is 4. The van der Waals surface area contributed by atoms with Gasteiger partial charge >= 0.3 is 0 Å². The molecule has 0 aromatic heterocycles. The van der Waals surface area contributed by atoms with Crippen LogP contribution in [0, 0.1) is 11.8 Å². The van der Waals surface area contributed by atoms with Crippen LogP contribution < -0.4 is 0 Å². The van der Waals surface area contributed by atoms with Gasteiger partial charge in [0.2, 0.25) is 0 Å². The van der Waals surface area contributed by atoms with E-state index in [1.165, 1.54) is 32.1 Å². The fourth-order valence-corrected chi connectivity index (χ4v) is 5.10. The molecule has 31 heavy (non-hydrogen) atoms. The van der Waals surface area contributed by atoms with Crippen molar-refractivity contribution in [2.24, 2.45) is 21.8 Å². The van der Waals surface area contributed by atoms with Crippen molar-refractivity contribution in [3.63, 3.8) is 0 Å². The molecule has 164 valence electrons. The van der Waals surface area contributed by atoms with Crippen molar-refractivity contribution in [2.75, 3.05) is 0 Å². The maximum Gasteiger partial charge on any atom is 0.124 e. The van der Waals surface area contributed by atoms with Crippen LogP contribution in [0.25, 0.3) is 0 Å². The number of aromatic hydroxyl groups is 2. The first kappa shape index (κ1) is 21.6. The van der Waals surface area contributed by atoms with Crippen molar-refractivity contribution >= 4 is 12.4 Å². The SMILES string of the molecule is Oc1ccccc1C=NC1CCC(CC2CCC(N=Cc3ccccc3O)CC2)CC1. The topological polar surface area (TPSA) is 65.2 Å². The highest BCUT2D eigenvalue weighted by Crippen LogP contribution is 2.36. The maximum absolute atomic E-state index is 9.88. The Morgan fingerprint density at radius 1 is 0.613 bits per heavy atom. The predicted octanol–water partition coefficient (Wildman–Crippen LogP) is 6.14. The van der Waals surface area contributed by atoms with Crippen molar-refractivity contribution in [3.05, 3.63) is 59.7 Å². The van der Waals surface area contributed by atoms with Gasteiger partial charge in [0.15, 0.2) is 0 Å². The molecule has 2 aromatic carbocycles. The maximum atomic E-state index is 9.88. The Hall–Kier alpha value is -2.62. The molecule has 0 aliphatic heterocycles. The van der Waals surface area contributed by atoms with Crippen LogP contribution in [0.2, 0.25) is 0 Å². The Labute approximate surface area is 185 Å². The van der Waals surface area contributed by atoms with E-state index in [4.69, 9.17) is 9.98 Å². The lowest BCUT2D eigenvalue weighted by Gasteiger charge is -2.32. The van der Waals surface area contributed by atoms with Crippen LogP contribution in [0.3, 0.4) is 0 Å². The number of hydrogen-bond donors (Lipinski definition) is 2. The van der Waals surface area contributed by atoms with Crippen molar-refractivity contribution in [2.45, 2.75) is 69.9 Å². The first-order valence-corrected chi connectivity index (χ1v) is 11.8. The van der Waals surface area contributed by atoms with Gasteiger partial charge in [-0.25, -0.2) is 0 Å². The van der Waals surface area contributed by atoms with Gasteiger partial charge in [-0.05, 0) is 93.9 Å². The van der Waals surface area contributed by atoms with Gasteiger partial charge in [-0.15, -0.1) is 0 Å². The van der Waals surface area contributed by atoms with Gasteiger partial charge in [0.1, 0.15) is 11.5 Å². The molecule has 2 saturated carbocycles. The monoisotopic (exact) mass is 418 g/mol. The molecule has 0 radical (unpaired) electrons. The van der Waals surface area contributed by atoms with Gasteiger partial charge in [-0.1, -0.05) is 24.3 Å². The molecule has 2 aromatic rings. The van der Waals surface area contributed by atoms with Gasteiger partial charge in [-0.3, -0.25) is 9.98 Å². The lowest BCUT2D eigenvalue weighted by atomic mass is 9.76. The summed E-state index contributed by atoms with van der Waals surface area (Å²) >= 11 is 0. The first-order chi connectivity index (χ1) is 15.2.